The molecule has 0 spiro atoms. The van der Waals surface area contributed by atoms with E-state index in [1.165, 1.54) is 0 Å². The summed E-state index contributed by atoms with van der Waals surface area (Å²) in [6.07, 6.45) is 2.19. The third-order valence-electron chi connectivity index (χ3n) is 2.17. The van der Waals surface area contributed by atoms with Gasteiger partial charge in [0.1, 0.15) is 5.82 Å². The first-order valence-corrected chi connectivity index (χ1v) is 5.85. The van der Waals surface area contributed by atoms with Crippen molar-refractivity contribution in [2.45, 2.75) is 39.7 Å². The molecule has 0 radical (unpaired) electrons. The Morgan fingerprint density at radius 3 is 2.71 bits per heavy atom. The number of aromatic nitrogens is 1. The molecule has 0 saturated heterocycles. The maximum absolute atomic E-state index is 11.6. The molecular formula is C13H21N3O. The summed E-state index contributed by atoms with van der Waals surface area (Å²) in [5.74, 6) is 0.898. The average molecular weight is 235 g/mol. The molecule has 0 saturated carbocycles. The molecule has 2 N–H and O–H groups in total. The van der Waals surface area contributed by atoms with E-state index in [0.717, 1.165) is 11.4 Å². The average Bonchev–Trinajstić information content (AvgIpc) is 2.18. The van der Waals surface area contributed by atoms with E-state index in [1.807, 2.05) is 39.8 Å². The highest BCUT2D eigenvalue weighted by Gasteiger charge is 2.12. The Morgan fingerprint density at radius 2 is 2.12 bits per heavy atom. The van der Waals surface area contributed by atoms with Crippen LogP contribution in [0.15, 0.2) is 18.3 Å². The molecule has 0 aromatic carbocycles. The highest BCUT2D eigenvalue weighted by Crippen LogP contribution is 2.08. The van der Waals surface area contributed by atoms with Crippen LogP contribution >= 0.6 is 0 Å². The van der Waals surface area contributed by atoms with Crippen molar-refractivity contribution in [2.75, 3.05) is 11.9 Å². The van der Waals surface area contributed by atoms with Crippen LogP contribution in [0.1, 0.15) is 32.8 Å². The van der Waals surface area contributed by atoms with E-state index in [1.54, 1.807) is 6.20 Å². The number of rotatable bonds is 4. The van der Waals surface area contributed by atoms with E-state index in [0.29, 0.717) is 13.0 Å². The number of anilines is 1. The lowest BCUT2D eigenvalue weighted by Crippen LogP contribution is -2.41. The fraction of sp³-hybridized carbons (Fsp3) is 0.538. The van der Waals surface area contributed by atoms with Crippen molar-refractivity contribution >= 4 is 11.7 Å². The summed E-state index contributed by atoms with van der Waals surface area (Å²) < 4.78 is 0. The first kappa shape index (κ1) is 13.5. The van der Waals surface area contributed by atoms with Gasteiger partial charge in [-0.25, -0.2) is 4.98 Å². The monoisotopic (exact) mass is 235 g/mol. The second-order valence-electron chi connectivity index (χ2n) is 5.14. The van der Waals surface area contributed by atoms with E-state index in [-0.39, 0.29) is 11.4 Å². The van der Waals surface area contributed by atoms with E-state index >= 15 is 0 Å². The summed E-state index contributed by atoms with van der Waals surface area (Å²) in [5, 5.41) is 6.08. The molecule has 1 aromatic heterocycles. The summed E-state index contributed by atoms with van der Waals surface area (Å²) >= 11 is 0. The largest absolute Gasteiger partial charge is 0.369 e. The van der Waals surface area contributed by atoms with Gasteiger partial charge in [0.05, 0.1) is 0 Å². The predicted octanol–water partition coefficient (Wildman–Crippen LogP) is 2.11. The van der Waals surface area contributed by atoms with E-state index in [2.05, 4.69) is 15.6 Å². The van der Waals surface area contributed by atoms with Crippen LogP contribution in [0.25, 0.3) is 0 Å². The molecule has 17 heavy (non-hydrogen) atoms. The van der Waals surface area contributed by atoms with Gasteiger partial charge in [-0.2, -0.15) is 0 Å². The number of nitrogens with one attached hydrogen (secondary N) is 2. The third kappa shape index (κ3) is 5.33. The minimum absolute atomic E-state index is 0.0542. The second kappa shape index (κ2) is 5.66. The standard InChI is InChI=1S/C13H21N3O/c1-10-6-5-8-14-12(10)15-9-7-11(17)16-13(2,3)4/h5-6,8H,7,9H2,1-4H3,(H,14,15)(H,16,17). The molecule has 94 valence electrons. The summed E-state index contributed by atoms with van der Waals surface area (Å²) in [7, 11) is 0. The van der Waals surface area contributed by atoms with Gasteiger partial charge in [-0.15, -0.1) is 0 Å². The molecule has 4 heteroatoms. The van der Waals surface area contributed by atoms with E-state index in [9.17, 15) is 4.79 Å². The molecule has 0 bridgehead atoms. The molecule has 0 unspecified atom stereocenters. The molecule has 1 rings (SSSR count). The zero-order chi connectivity index (χ0) is 12.9. The van der Waals surface area contributed by atoms with Crippen LogP contribution in [0, 0.1) is 6.92 Å². The zero-order valence-electron chi connectivity index (χ0n) is 11.0. The third-order valence-corrected chi connectivity index (χ3v) is 2.17. The van der Waals surface area contributed by atoms with Crippen molar-refractivity contribution in [1.29, 1.82) is 0 Å². The van der Waals surface area contributed by atoms with Gasteiger partial charge in [-0.05, 0) is 39.3 Å². The summed E-state index contributed by atoms with van der Waals surface area (Å²) in [4.78, 5) is 15.8. The molecule has 0 aliphatic carbocycles. The van der Waals surface area contributed by atoms with Crippen LogP contribution in [-0.4, -0.2) is 23.0 Å². The Bertz CT molecular complexity index is 382. The lowest BCUT2D eigenvalue weighted by atomic mass is 10.1. The SMILES string of the molecule is Cc1cccnc1NCCC(=O)NC(C)(C)C. The van der Waals surface area contributed by atoms with Crippen LogP contribution in [0.4, 0.5) is 5.82 Å². The Labute approximate surface area is 103 Å². The molecule has 0 aliphatic rings. The molecule has 4 nitrogen and oxygen atoms in total. The van der Waals surface area contributed by atoms with Crippen LogP contribution in [0.3, 0.4) is 0 Å². The van der Waals surface area contributed by atoms with Gasteiger partial charge in [-0.3, -0.25) is 4.79 Å². The fourth-order valence-electron chi connectivity index (χ4n) is 1.45. The van der Waals surface area contributed by atoms with Crippen molar-refractivity contribution < 1.29 is 4.79 Å². The Kier molecular flexibility index (Phi) is 4.49. The minimum atomic E-state index is -0.169. The van der Waals surface area contributed by atoms with Crippen molar-refractivity contribution in [1.82, 2.24) is 10.3 Å². The van der Waals surface area contributed by atoms with Gasteiger partial charge in [0.15, 0.2) is 0 Å². The van der Waals surface area contributed by atoms with Crippen molar-refractivity contribution in [3.8, 4) is 0 Å². The van der Waals surface area contributed by atoms with Gasteiger partial charge >= 0.3 is 0 Å². The molecule has 0 aliphatic heterocycles. The molecule has 1 heterocycles. The van der Waals surface area contributed by atoms with E-state index in [4.69, 9.17) is 0 Å². The minimum Gasteiger partial charge on any atom is -0.369 e. The molecular weight excluding hydrogens is 214 g/mol. The number of hydrogen-bond acceptors (Lipinski definition) is 3. The highest BCUT2D eigenvalue weighted by atomic mass is 16.1. The van der Waals surface area contributed by atoms with Gasteiger partial charge in [-0.1, -0.05) is 6.07 Å². The second-order valence-corrected chi connectivity index (χ2v) is 5.14. The van der Waals surface area contributed by atoms with Crippen LogP contribution in [-0.2, 0) is 4.79 Å². The van der Waals surface area contributed by atoms with Gasteiger partial charge in [0.2, 0.25) is 5.91 Å². The van der Waals surface area contributed by atoms with Gasteiger partial charge < -0.3 is 10.6 Å². The molecule has 1 amide bonds. The van der Waals surface area contributed by atoms with Crippen LogP contribution < -0.4 is 10.6 Å². The normalized spacial score (nSPS) is 11.1. The Morgan fingerprint density at radius 1 is 1.41 bits per heavy atom. The quantitative estimate of drug-likeness (QED) is 0.840. The zero-order valence-corrected chi connectivity index (χ0v) is 11.0. The first-order chi connectivity index (χ1) is 7.88. The first-order valence-electron chi connectivity index (χ1n) is 5.85. The summed E-state index contributed by atoms with van der Waals surface area (Å²) in [6, 6.07) is 3.89. The van der Waals surface area contributed by atoms with Crippen LogP contribution in [0.5, 0.6) is 0 Å². The number of carbonyl (C=O) groups is 1. The number of nitrogens with zero attached hydrogens (tertiary/aromatic N) is 1. The molecule has 0 fully saturated rings. The number of aryl methyl sites for hydroxylation is 1. The number of hydrogen-bond donors (Lipinski definition) is 2. The Balaban J connectivity index is 2.34. The van der Waals surface area contributed by atoms with Crippen molar-refractivity contribution in [3.05, 3.63) is 23.9 Å². The van der Waals surface area contributed by atoms with Crippen LogP contribution in [0.2, 0.25) is 0 Å². The number of amides is 1. The fourth-order valence-corrected chi connectivity index (χ4v) is 1.45. The van der Waals surface area contributed by atoms with E-state index < -0.39 is 0 Å². The van der Waals surface area contributed by atoms with Crippen molar-refractivity contribution in [3.63, 3.8) is 0 Å². The molecule has 1 aromatic rings. The maximum Gasteiger partial charge on any atom is 0.222 e. The number of pyridine rings is 1. The van der Waals surface area contributed by atoms with Gasteiger partial charge in [0.25, 0.3) is 0 Å². The summed E-state index contributed by atoms with van der Waals surface area (Å²) in [5.41, 5.74) is 0.918. The maximum atomic E-state index is 11.6. The lowest BCUT2D eigenvalue weighted by molar-refractivity contribution is -0.122. The topological polar surface area (TPSA) is 54.0 Å². The van der Waals surface area contributed by atoms with Gasteiger partial charge in [0, 0.05) is 24.7 Å². The predicted molar refractivity (Wildman–Crippen MR) is 70.0 cm³/mol. The Hall–Kier alpha value is -1.58. The number of carbonyl (C=O) groups excluding carboxylic acids is 1. The smallest absolute Gasteiger partial charge is 0.222 e. The summed E-state index contributed by atoms with van der Waals surface area (Å²) in [6.45, 7) is 8.51. The molecule has 0 atom stereocenters. The van der Waals surface area contributed by atoms with Crippen molar-refractivity contribution in [2.24, 2.45) is 0 Å². The lowest BCUT2D eigenvalue weighted by Gasteiger charge is -2.20. The highest BCUT2D eigenvalue weighted by molar-refractivity contribution is 5.77.